The van der Waals surface area contributed by atoms with Crippen LogP contribution in [0.3, 0.4) is 0 Å². The fourth-order valence-corrected chi connectivity index (χ4v) is 3.33. The molecule has 0 fully saturated rings. The van der Waals surface area contributed by atoms with E-state index in [4.69, 9.17) is 4.74 Å². The Morgan fingerprint density at radius 2 is 1.96 bits per heavy atom. The Balaban J connectivity index is 1.88. The molecule has 3 heteroatoms. The van der Waals surface area contributed by atoms with Crippen molar-refractivity contribution < 1.29 is 9.53 Å². The summed E-state index contributed by atoms with van der Waals surface area (Å²) in [6.45, 7) is 2.91. The molecule has 1 atom stereocenters. The Bertz CT molecular complexity index is 681. The molecule has 1 aliphatic heterocycles. The number of hydrogen-bond acceptors (Lipinski definition) is 2. The monoisotopic (exact) mass is 309 g/mol. The maximum absolute atomic E-state index is 12.9. The highest BCUT2D eigenvalue weighted by Gasteiger charge is 2.27. The van der Waals surface area contributed by atoms with E-state index in [1.165, 1.54) is 11.1 Å². The molecule has 23 heavy (non-hydrogen) atoms. The summed E-state index contributed by atoms with van der Waals surface area (Å²) in [6.07, 6.45) is 2.75. The van der Waals surface area contributed by atoms with E-state index in [0.29, 0.717) is 0 Å². The van der Waals surface area contributed by atoms with E-state index in [9.17, 15) is 4.79 Å². The topological polar surface area (TPSA) is 29.5 Å². The Hall–Kier alpha value is -2.29. The average molecular weight is 309 g/mol. The number of methoxy groups -OCH3 is 1. The molecule has 0 aliphatic carbocycles. The molecule has 1 heterocycles. The number of carbonyl (C=O) groups excluding carboxylic acids is 1. The van der Waals surface area contributed by atoms with Gasteiger partial charge in [0.15, 0.2) is 0 Å². The number of hydrogen-bond donors (Lipinski definition) is 0. The first-order valence-corrected chi connectivity index (χ1v) is 8.24. The van der Waals surface area contributed by atoms with Crippen molar-refractivity contribution in [2.75, 3.05) is 13.7 Å². The van der Waals surface area contributed by atoms with Crippen molar-refractivity contribution in [1.82, 2.24) is 4.90 Å². The van der Waals surface area contributed by atoms with Crippen LogP contribution in [0.25, 0.3) is 0 Å². The zero-order chi connectivity index (χ0) is 16.2. The van der Waals surface area contributed by atoms with Crippen LogP contribution < -0.4 is 4.74 Å². The minimum atomic E-state index is 0.136. The highest BCUT2D eigenvalue weighted by Crippen LogP contribution is 2.26. The summed E-state index contributed by atoms with van der Waals surface area (Å²) in [7, 11) is 1.69. The Morgan fingerprint density at radius 1 is 1.17 bits per heavy atom. The quantitative estimate of drug-likeness (QED) is 0.865. The van der Waals surface area contributed by atoms with Gasteiger partial charge < -0.3 is 9.64 Å². The van der Waals surface area contributed by atoms with E-state index in [2.05, 4.69) is 19.1 Å². The fourth-order valence-electron chi connectivity index (χ4n) is 3.33. The number of amides is 1. The molecular weight excluding hydrogens is 286 g/mol. The van der Waals surface area contributed by atoms with Crippen LogP contribution in [0.4, 0.5) is 0 Å². The van der Waals surface area contributed by atoms with Crippen molar-refractivity contribution >= 4 is 5.91 Å². The number of nitrogens with zero attached hydrogens (tertiary/aromatic N) is 1. The van der Waals surface area contributed by atoms with E-state index in [1.807, 2.05) is 41.3 Å². The summed E-state index contributed by atoms with van der Waals surface area (Å²) in [4.78, 5) is 14.9. The molecule has 0 saturated heterocycles. The third kappa shape index (κ3) is 3.24. The maximum Gasteiger partial charge on any atom is 0.254 e. The fraction of sp³-hybridized carbons (Fsp3) is 0.350. The first kappa shape index (κ1) is 15.6. The molecule has 0 saturated carbocycles. The van der Waals surface area contributed by atoms with Crippen molar-refractivity contribution in [1.29, 1.82) is 0 Å². The minimum Gasteiger partial charge on any atom is -0.497 e. The second-order valence-corrected chi connectivity index (χ2v) is 6.02. The zero-order valence-corrected chi connectivity index (χ0v) is 13.8. The summed E-state index contributed by atoms with van der Waals surface area (Å²) >= 11 is 0. The van der Waals surface area contributed by atoms with Crippen LogP contribution in [0.5, 0.6) is 5.75 Å². The van der Waals surface area contributed by atoms with Crippen LogP contribution in [-0.4, -0.2) is 30.5 Å². The van der Waals surface area contributed by atoms with Crippen LogP contribution >= 0.6 is 0 Å². The van der Waals surface area contributed by atoms with Gasteiger partial charge in [-0.1, -0.05) is 31.2 Å². The molecular formula is C20H23NO2. The predicted octanol–water partition coefficient (Wildman–Crippen LogP) is 3.71. The number of rotatable bonds is 3. The van der Waals surface area contributed by atoms with E-state index in [0.717, 1.165) is 37.1 Å². The van der Waals surface area contributed by atoms with Gasteiger partial charge in [-0.15, -0.1) is 0 Å². The first-order chi connectivity index (χ1) is 11.2. The summed E-state index contributed by atoms with van der Waals surface area (Å²) in [5.41, 5.74) is 3.40. The zero-order valence-electron chi connectivity index (χ0n) is 13.8. The third-order valence-electron chi connectivity index (χ3n) is 4.68. The number of carbonyl (C=O) groups is 1. The molecule has 1 amide bonds. The Morgan fingerprint density at radius 3 is 2.65 bits per heavy atom. The van der Waals surface area contributed by atoms with Gasteiger partial charge in [-0.25, -0.2) is 0 Å². The first-order valence-electron chi connectivity index (χ1n) is 8.24. The van der Waals surface area contributed by atoms with E-state index < -0.39 is 0 Å². The molecule has 0 radical (unpaired) electrons. The van der Waals surface area contributed by atoms with Crippen molar-refractivity contribution in [3.63, 3.8) is 0 Å². The Labute approximate surface area is 137 Å². The van der Waals surface area contributed by atoms with Crippen molar-refractivity contribution in [2.24, 2.45) is 0 Å². The lowest BCUT2D eigenvalue weighted by atomic mass is 9.99. The largest absolute Gasteiger partial charge is 0.497 e. The van der Waals surface area contributed by atoms with Crippen LogP contribution in [-0.2, 0) is 12.8 Å². The lowest BCUT2D eigenvalue weighted by Crippen LogP contribution is -2.41. The minimum absolute atomic E-state index is 0.136. The standard InChI is InChI=1S/C20H23NO2/c1-3-18-13-16-9-10-19(23-2)14-17(16)11-12-21(18)20(22)15-7-5-4-6-8-15/h4-10,14,18H,3,11-13H2,1-2H3. The van der Waals surface area contributed by atoms with Crippen molar-refractivity contribution in [3.8, 4) is 5.75 Å². The summed E-state index contributed by atoms with van der Waals surface area (Å²) in [5.74, 6) is 1.02. The normalized spacial score (nSPS) is 17.3. The lowest BCUT2D eigenvalue weighted by Gasteiger charge is -2.29. The molecule has 3 nitrogen and oxygen atoms in total. The van der Waals surface area contributed by atoms with Gasteiger partial charge in [-0.2, -0.15) is 0 Å². The summed E-state index contributed by atoms with van der Waals surface area (Å²) in [6, 6.07) is 16.1. The molecule has 0 spiro atoms. The average Bonchev–Trinajstić information content (AvgIpc) is 2.80. The van der Waals surface area contributed by atoms with E-state index in [-0.39, 0.29) is 11.9 Å². The van der Waals surface area contributed by atoms with Gasteiger partial charge in [0.2, 0.25) is 0 Å². The van der Waals surface area contributed by atoms with Crippen molar-refractivity contribution in [2.45, 2.75) is 32.2 Å². The van der Waals surface area contributed by atoms with Gasteiger partial charge in [0.05, 0.1) is 7.11 Å². The third-order valence-corrected chi connectivity index (χ3v) is 4.68. The van der Waals surface area contributed by atoms with Gasteiger partial charge in [-0.3, -0.25) is 4.79 Å². The van der Waals surface area contributed by atoms with Gasteiger partial charge in [0.1, 0.15) is 5.75 Å². The molecule has 1 aliphatic rings. The number of benzene rings is 2. The number of ether oxygens (including phenoxy) is 1. The highest BCUT2D eigenvalue weighted by atomic mass is 16.5. The molecule has 3 rings (SSSR count). The lowest BCUT2D eigenvalue weighted by molar-refractivity contribution is 0.0681. The van der Waals surface area contributed by atoms with Crippen molar-refractivity contribution in [3.05, 3.63) is 65.2 Å². The second kappa shape index (κ2) is 6.86. The molecule has 2 aromatic carbocycles. The maximum atomic E-state index is 12.9. The van der Waals surface area contributed by atoms with Crippen LogP contribution in [0.2, 0.25) is 0 Å². The second-order valence-electron chi connectivity index (χ2n) is 6.02. The SMILES string of the molecule is CCC1Cc2ccc(OC)cc2CCN1C(=O)c1ccccc1. The molecule has 0 N–H and O–H groups in total. The van der Waals surface area contributed by atoms with Gasteiger partial charge in [0.25, 0.3) is 5.91 Å². The van der Waals surface area contributed by atoms with E-state index in [1.54, 1.807) is 7.11 Å². The van der Waals surface area contributed by atoms with Gasteiger partial charge >= 0.3 is 0 Å². The van der Waals surface area contributed by atoms with Crippen LogP contribution in [0.1, 0.15) is 34.8 Å². The van der Waals surface area contributed by atoms with Crippen LogP contribution in [0, 0.1) is 0 Å². The molecule has 0 bridgehead atoms. The molecule has 0 aromatic heterocycles. The molecule has 120 valence electrons. The van der Waals surface area contributed by atoms with Gasteiger partial charge in [0, 0.05) is 18.2 Å². The molecule has 1 unspecified atom stereocenters. The summed E-state index contributed by atoms with van der Waals surface area (Å²) < 4.78 is 5.34. The smallest absolute Gasteiger partial charge is 0.254 e. The molecule has 2 aromatic rings. The van der Waals surface area contributed by atoms with E-state index >= 15 is 0 Å². The van der Waals surface area contributed by atoms with Gasteiger partial charge in [-0.05, 0) is 54.7 Å². The highest BCUT2D eigenvalue weighted by molar-refractivity contribution is 5.94. The summed E-state index contributed by atoms with van der Waals surface area (Å²) in [5, 5.41) is 0. The van der Waals surface area contributed by atoms with Crippen LogP contribution in [0.15, 0.2) is 48.5 Å². The number of fused-ring (bicyclic) bond motifs is 1. The predicted molar refractivity (Wildman–Crippen MR) is 92.0 cm³/mol. The Kier molecular flexibility index (Phi) is 4.65.